The normalized spacial score (nSPS) is 10.4. The van der Waals surface area contributed by atoms with Crippen molar-refractivity contribution >= 4 is 5.82 Å². The van der Waals surface area contributed by atoms with Gasteiger partial charge in [0.25, 0.3) is 0 Å². The molecule has 0 atom stereocenters. The average molecular weight is 244 g/mol. The fraction of sp³-hybridized carbons (Fsp3) is 0.231. The number of anilines is 1. The van der Waals surface area contributed by atoms with Gasteiger partial charge in [-0.2, -0.15) is 0 Å². The van der Waals surface area contributed by atoms with Gasteiger partial charge in [0.15, 0.2) is 5.82 Å². The molecule has 0 bridgehead atoms. The molecule has 0 radical (unpaired) electrons. The van der Waals surface area contributed by atoms with E-state index in [1.807, 2.05) is 38.1 Å². The largest absolute Gasteiger partial charge is 0.491 e. The van der Waals surface area contributed by atoms with Crippen LogP contribution in [-0.4, -0.2) is 16.1 Å². The van der Waals surface area contributed by atoms with Crippen molar-refractivity contribution in [1.29, 1.82) is 0 Å². The number of nitrogen functional groups attached to an aromatic ring is 1. The molecule has 2 rings (SSSR count). The van der Waals surface area contributed by atoms with Crippen molar-refractivity contribution in [2.45, 2.75) is 20.0 Å². The maximum Gasteiger partial charge on any atom is 0.166 e. The van der Waals surface area contributed by atoms with Crippen LogP contribution >= 0.6 is 0 Å². The zero-order chi connectivity index (χ0) is 13.0. The smallest absolute Gasteiger partial charge is 0.166 e. The average Bonchev–Trinajstić information content (AvgIpc) is 2.38. The molecule has 0 amide bonds. The monoisotopic (exact) mass is 244 g/mol. The highest BCUT2D eigenvalue weighted by Crippen LogP contribution is 2.26. The first-order chi connectivity index (χ1) is 8.70. The van der Waals surface area contributed by atoms with Crippen molar-refractivity contribution in [3.05, 3.63) is 36.7 Å². The van der Waals surface area contributed by atoms with Gasteiger partial charge in [0.2, 0.25) is 0 Å². The van der Waals surface area contributed by atoms with Crippen LogP contribution in [0.2, 0.25) is 0 Å². The van der Waals surface area contributed by atoms with Gasteiger partial charge in [0.1, 0.15) is 11.4 Å². The number of rotatable bonds is 4. The summed E-state index contributed by atoms with van der Waals surface area (Å²) in [4.78, 5) is 8.40. The van der Waals surface area contributed by atoms with Gasteiger partial charge < -0.3 is 10.2 Å². The van der Waals surface area contributed by atoms with Crippen LogP contribution in [0, 0.1) is 0 Å². The highest BCUT2D eigenvalue weighted by atomic mass is 16.5. The Labute approximate surface area is 106 Å². The number of aromatic nitrogens is 2. The van der Waals surface area contributed by atoms with E-state index < -0.39 is 0 Å². The van der Waals surface area contributed by atoms with Crippen LogP contribution in [0.15, 0.2) is 36.7 Å². The Balaban J connectivity index is 2.38. The van der Waals surface area contributed by atoms with Crippen LogP contribution < -0.4 is 16.0 Å². The predicted molar refractivity (Wildman–Crippen MR) is 71.0 cm³/mol. The summed E-state index contributed by atoms with van der Waals surface area (Å²) in [6, 6.07) is 7.69. The van der Waals surface area contributed by atoms with E-state index in [-0.39, 0.29) is 6.10 Å². The molecule has 94 valence electrons. The van der Waals surface area contributed by atoms with E-state index in [1.54, 1.807) is 12.4 Å². The lowest BCUT2D eigenvalue weighted by molar-refractivity contribution is 0.242. The first-order valence-corrected chi connectivity index (χ1v) is 5.75. The lowest BCUT2D eigenvalue weighted by atomic mass is 10.1. The number of nitrogens with zero attached hydrogens (tertiary/aromatic N) is 2. The van der Waals surface area contributed by atoms with Gasteiger partial charge in [0, 0.05) is 18.0 Å². The van der Waals surface area contributed by atoms with Crippen molar-refractivity contribution < 1.29 is 4.74 Å². The van der Waals surface area contributed by atoms with Gasteiger partial charge in [0.05, 0.1) is 6.10 Å². The van der Waals surface area contributed by atoms with Crippen molar-refractivity contribution in [1.82, 2.24) is 9.97 Å². The second-order valence-electron chi connectivity index (χ2n) is 4.09. The molecular formula is C13H16N4O. The zero-order valence-corrected chi connectivity index (χ0v) is 10.4. The molecule has 18 heavy (non-hydrogen) atoms. The highest BCUT2D eigenvalue weighted by molar-refractivity contribution is 5.71. The summed E-state index contributed by atoms with van der Waals surface area (Å²) in [7, 11) is 0. The van der Waals surface area contributed by atoms with Gasteiger partial charge in [-0.3, -0.25) is 4.98 Å². The Morgan fingerprint density at radius 2 is 2.00 bits per heavy atom. The lowest BCUT2D eigenvalue weighted by Crippen LogP contribution is -2.10. The van der Waals surface area contributed by atoms with Gasteiger partial charge in [-0.1, -0.05) is 12.1 Å². The van der Waals surface area contributed by atoms with E-state index in [0.717, 1.165) is 11.3 Å². The minimum absolute atomic E-state index is 0.134. The van der Waals surface area contributed by atoms with E-state index in [2.05, 4.69) is 15.4 Å². The fourth-order valence-electron chi connectivity index (χ4n) is 1.64. The molecule has 0 spiro atoms. The molecule has 2 aromatic rings. The fourth-order valence-corrected chi connectivity index (χ4v) is 1.64. The molecule has 0 fully saturated rings. The first kappa shape index (κ1) is 12.3. The minimum atomic E-state index is 0.134. The number of nitrogens with one attached hydrogen (secondary N) is 1. The maximum absolute atomic E-state index is 5.65. The summed E-state index contributed by atoms with van der Waals surface area (Å²) < 4.78 is 5.65. The third kappa shape index (κ3) is 2.75. The Bertz CT molecular complexity index is 528. The third-order valence-corrected chi connectivity index (χ3v) is 2.31. The standard InChI is InChI=1S/C13H16N4O/c1-9(2)18-11-5-3-4-10(8-11)12-13(17-14)16-7-6-15-12/h3-9H,14H2,1-2H3,(H,16,17). The van der Waals surface area contributed by atoms with Crippen LogP contribution in [0.25, 0.3) is 11.3 Å². The van der Waals surface area contributed by atoms with E-state index in [0.29, 0.717) is 11.5 Å². The number of ether oxygens (including phenoxy) is 1. The SMILES string of the molecule is CC(C)Oc1cccc(-c2nccnc2NN)c1. The molecule has 1 heterocycles. The van der Waals surface area contributed by atoms with Crippen LogP contribution in [0.5, 0.6) is 5.75 Å². The molecule has 0 saturated heterocycles. The van der Waals surface area contributed by atoms with Gasteiger partial charge in [-0.25, -0.2) is 10.8 Å². The van der Waals surface area contributed by atoms with E-state index >= 15 is 0 Å². The van der Waals surface area contributed by atoms with Gasteiger partial charge in [-0.05, 0) is 26.0 Å². The Hall–Kier alpha value is -2.14. The summed E-state index contributed by atoms with van der Waals surface area (Å²) in [5.41, 5.74) is 4.15. The Morgan fingerprint density at radius 3 is 2.72 bits per heavy atom. The molecule has 3 N–H and O–H groups in total. The van der Waals surface area contributed by atoms with Crippen LogP contribution in [0.1, 0.15) is 13.8 Å². The zero-order valence-electron chi connectivity index (χ0n) is 10.4. The van der Waals surface area contributed by atoms with Crippen LogP contribution in [-0.2, 0) is 0 Å². The second kappa shape index (κ2) is 5.46. The number of benzene rings is 1. The van der Waals surface area contributed by atoms with E-state index in [4.69, 9.17) is 10.6 Å². The molecule has 5 heteroatoms. The third-order valence-electron chi connectivity index (χ3n) is 2.31. The van der Waals surface area contributed by atoms with Crippen molar-refractivity contribution in [3.63, 3.8) is 0 Å². The molecule has 0 aliphatic carbocycles. The maximum atomic E-state index is 5.65. The number of hydrogen-bond donors (Lipinski definition) is 2. The molecule has 0 saturated carbocycles. The van der Waals surface area contributed by atoms with Crippen LogP contribution in [0.4, 0.5) is 5.82 Å². The van der Waals surface area contributed by atoms with Gasteiger partial charge in [-0.15, -0.1) is 0 Å². The van der Waals surface area contributed by atoms with Crippen LogP contribution in [0.3, 0.4) is 0 Å². The highest BCUT2D eigenvalue weighted by Gasteiger charge is 2.08. The summed E-state index contributed by atoms with van der Waals surface area (Å²) >= 11 is 0. The summed E-state index contributed by atoms with van der Waals surface area (Å²) in [5.74, 6) is 6.77. The molecule has 5 nitrogen and oxygen atoms in total. The summed E-state index contributed by atoms with van der Waals surface area (Å²) in [6.07, 6.45) is 3.36. The second-order valence-corrected chi connectivity index (χ2v) is 4.09. The molecular weight excluding hydrogens is 228 g/mol. The van der Waals surface area contributed by atoms with Crippen molar-refractivity contribution in [3.8, 4) is 17.0 Å². The van der Waals surface area contributed by atoms with E-state index in [9.17, 15) is 0 Å². The van der Waals surface area contributed by atoms with E-state index in [1.165, 1.54) is 0 Å². The van der Waals surface area contributed by atoms with Gasteiger partial charge >= 0.3 is 0 Å². The molecule has 1 aromatic carbocycles. The number of hydrogen-bond acceptors (Lipinski definition) is 5. The molecule has 0 aliphatic rings. The minimum Gasteiger partial charge on any atom is -0.491 e. The quantitative estimate of drug-likeness (QED) is 0.637. The van der Waals surface area contributed by atoms with Crippen molar-refractivity contribution in [2.24, 2.45) is 5.84 Å². The topological polar surface area (TPSA) is 73.1 Å². The first-order valence-electron chi connectivity index (χ1n) is 5.75. The molecule has 0 unspecified atom stereocenters. The van der Waals surface area contributed by atoms with Crippen molar-refractivity contribution in [2.75, 3.05) is 5.43 Å². The number of hydrazine groups is 1. The summed E-state index contributed by atoms with van der Waals surface area (Å²) in [5, 5.41) is 0. The molecule has 0 aliphatic heterocycles. The Morgan fingerprint density at radius 1 is 1.22 bits per heavy atom. The predicted octanol–water partition coefficient (Wildman–Crippen LogP) is 2.22. The summed E-state index contributed by atoms with van der Waals surface area (Å²) in [6.45, 7) is 3.98. The molecule has 1 aromatic heterocycles. The Kier molecular flexibility index (Phi) is 3.74. The number of nitrogens with two attached hydrogens (primary N) is 1. The lowest BCUT2D eigenvalue weighted by Gasteiger charge is -2.11.